The monoisotopic (exact) mass is 379 g/mol. The van der Waals surface area contributed by atoms with Crippen LogP contribution in [-0.4, -0.2) is 39.5 Å². The maximum Gasteiger partial charge on any atom is 0.348 e. The maximum absolute atomic E-state index is 12.7. The molecule has 1 unspecified atom stereocenters. The first-order valence-electron chi connectivity index (χ1n) is 9.51. The van der Waals surface area contributed by atoms with E-state index in [1.54, 1.807) is 0 Å². The van der Waals surface area contributed by atoms with E-state index in [4.69, 9.17) is 4.74 Å². The Bertz CT molecular complexity index is 718. The zero-order valence-electron chi connectivity index (χ0n) is 16.0. The topological polar surface area (TPSA) is 73.2 Å². The second-order valence-electron chi connectivity index (χ2n) is 8.16. The van der Waals surface area contributed by atoms with Crippen molar-refractivity contribution in [3.63, 3.8) is 0 Å². The van der Waals surface area contributed by atoms with E-state index in [-0.39, 0.29) is 29.0 Å². The number of carbonyl (C=O) groups excluding carboxylic acids is 1. The van der Waals surface area contributed by atoms with Crippen molar-refractivity contribution in [3.05, 3.63) is 21.7 Å². The number of hydrogen-bond acceptors (Lipinski definition) is 5. The molecule has 144 valence electrons. The highest BCUT2D eigenvalue weighted by molar-refractivity contribution is 7.99. The van der Waals surface area contributed by atoms with Crippen LogP contribution in [0.1, 0.15) is 57.7 Å². The molecule has 1 amide bonds. The van der Waals surface area contributed by atoms with Crippen molar-refractivity contribution in [1.82, 2.24) is 14.9 Å². The van der Waals surface area contributed by atoms with Gasteiger partial charge in [0, 0.05) is 23.4 Å². The molecule has 6 nitrogen and oxygen atoms in total. The van der Waals surface area contributed by atoms with Crippen LogP contribution in [0.5, 0.6) is 0 Å². The minimum atomic E-state index is -0.255. The minimum absolute atomic E-state index is 0.0302. The maximum atomic E-state index is 12.7. The van der Waals surface area contributed by atoms with Gasteiger partial charge in [-0.15, -0.1) is 0 Å². The number of carbonyl (C=O) groups is 1. The predicted molar refractivity (Wildman–Crippen MR) is 103 cm³/mol. The SMILES string of the molecule is CC(C)(C)NC(=O)CSc1nc(=O)n(CC2CCCO2)c2c1CCCC2. The molecule has 1 atom stereocenters. The van der Waals surface area contributed by atoms with Crippen molar-refractivity contribution in [2.45, 2.75) is 82.5 Å². The molecule has 2 aliphatic rings. The Hall–Kier alpha value is -1.34. The lowest BCUT2D eigenvalue weighted by Crippen LogP contribution is -2.41. The van der Waals surface area contributed by atoms with Crippen LogP contribution in [0, 0.1) is 0 Å². The molecule has 26 heavy (non-hydrogen) atoms. The minimum Gasteiger partial charge on any atom is -0.376 e. The van der Waals surface area contributed by atoms with Crippen LogP contribution in [0.3, 0.4) is 0 Å². The first kappa shape index (κ1) is 19.4. The number of thioether (sulfide) groups is 1. The molecule has 0 bridgehead atoms. The van der Waals surface area contributed by atoms with E-state index in [2.05, 4.69) is 10.3 Å². The molecule has 3 rings (SSSR count). The summed E-state index contributed by atoms with van der Waals surface area (Å²) < 4.78 is 7.54. The summed E-state index contributed by atoms with van der Waals surface area (Å²) in [5.74, 6) is 0.253. The lowest BCUT2D eigenvalue weighted by molar-refractivity contribution is -0.119. The van der Waals surface area contributed by atoms with Crippen molar-refractivity contribution < 1.29 is 9.53 Å². The third kappa shape index (κ3) is 4.88. The van der Waals surface area contributed by atoms with E-state index >= 15 is 0 Å². The molecule has 1 fully saturated rings. The van der Waals surface area contributed by atoms with Crippen LogP contribution in [0.25, 0.3) is 0 Å². The fourth-order valence-corrected chi connectivity index (χ4v) is 4.51. The second-order valence-corrected chi connectivity index (χ2v) is 9.13. The summed E-state index contributed by atoms with van der Waals surface area (Å²) in [6, 6.07) is 0. The lowest BCUT2D eigenvalue weighted by atomic mass is 9.97. The molecule has 1 aromatic rings. The van der Waals surface area contributed by atoms with Gasteiger partial charge in [-0.3, -0.25) is 9.36 Å². The summed E-state index contributed by atoms with van der Waals surface area (Å²) in [4.78, 5) is 29.1. The summed E-state index contributed by atoms with van der Waals surface area (Å²) in [6.45, 7) is 7.27. The number of ether oxygens (including phenoxy) is 1. The van der Waals surface area contributed by atoms with Gasteiger partial charge in [-0.25, -0.2) is 4.79 Å². The fraction of sp³-hybridized carbons (Fsp3) is 0.737. The summed E-state index contributed by atoms with van der Waals surface area (Å²) in [5.41, 5.74) is 1.79. The van der Waals surface area contributed by atoms with Gasteiger partial charge in [0.25, 0.3) is 0 Å². The van der Waals surface area contributed by atoms with Gasteiger partial charge < -0.3 is 10.1 Å². The Kier molecular flexibility index (Phi) is 6.07. The number of nitrogens with zero attached hydrogens (tertiary/aromatic N) is 2. The highest BCUT2D eigenvalue weighted by atomic mass is 32.2. The average Bonchev–Trinajstić information content (AvgIpc) is 3.07. The molecule has 2 heterocycles. The number of nitrogens with one attached hydrogen (secondary N) is 1. The molecule has 0 spiro atoms. The molecule has 1 N–H and O–H groups in total. The van der Waals surface area contributed by atoms with E-state index in [1.807, 2.05) is 25.3 Å². The van der Waals surface area contributed by atoms with Crippen molar-refractivity contribution in [3.8, 4) is 0 Å². The van der Waals surface area contributed by atoms with Crippen molar-refractivity contribution in [2.24, 2.45) is 0 Å². The molecule has 0 radical (unpaired) electrons. The molecular weight excluding hydrogens is 350 g/mol. The Morgan fingerprint density at radius 3 is 2.77 bits per heavy atom. The van der Waals surface area contributed by atoms with Crippen LogP contribution in [-0.2, 0) is 28.9 Å². The van der Waals surface area contributed by atoms with Crippen LogP contribution >= 0.6 is 11.8 Å². The van der Waals surface area contributed by atoms with Gasteiger partial charge in [0.2, 0.25) is 5.91 Å². The van der Waals surface area contributed by atoms with Crippen molar-refractivity contribution >= 4 is 17.7 Å². The van der Waals surface area contributed by atoms with Gasteiger partial charge in [-0.05, 0) is 59.3 Å². The van der Waals surface area contributed by atoms with Gasteiger partial charge in [0.1, 0.15) is 5.03 Å². The zero-order valence-corrected chi connectivity index (χ0v) is 16.8. The third-order valence-electron chi connectivity index (χ3n) is 4.72. The summed E-state index contributed by atoms with van der Waals surface area (Å²) >= 11 is 1.38. The van der Waals surface area contributed by atoms with Gasteiger partial charge in [0.15, 0.2) is 0 Å². The lowest BCUT2D eigenvalue weighted by Gasteiger charge is -2.24. The smallest absolute Gasteiger partial charge is 0.348 e. The number of fused-ring (bicyclic) bond motifs is 1. The van der Waals surface area contributed by atoms with E-state index in [9.17, 15) is 9.59 Å². The van der Waals surface area contributed by atoms with Crippen LogP contribution < -0.4 is 11.0 Å². The highest BCUT2D eigenvalue weighted by Crippen LogP contribution is 2.29. The largest absolute Gasteiger partial charge is 0.376 e. The van der Waals surface area contributed by atoms with Gasteiger partial charge in [-0.2, -0.15) is 4.98 Å². The van der Waals surface area contributed by atoms with Gasteiger partial charge in [0.05, 0.1) is 18.4 Å². The number of amides is 1. The van der Waals surface area contributed by atoms with Crippen molar-refractivity contribution in [2.75, 3.05) is 12.4 Å². The molecule has 0 saturated carbocycles. The molecule has 0 aromatic carbocycles. The number of aromatic nitrogens is 2. The summed E-state index contributed by atoms with van der Waals surface area (Å²) in [6.07, 6.45) is 6.22. The Labute approximate surface area is 159 Å². The van der Waals surface area contributed by atoms with Gasteiger partial charge >= 0.3 is 5.69 Å². The zero-order chi connectivity index (χ0) is 18.7. The average molecular weight is 380 g/mol. The highest BCUT2D eigenvalue weighted by Gasteiger charge is 2.24. The molecule has 1 aliphatic heterocycles. The van der Waals surface area contributed by atoms with Crippen LogP contribution in [0.4, 0.5) is 0 Å². The standard InChI is InChI=1S/C19H29N3O3S/c1-19(2,3)21-16(23)12-26-17-14-8-4-5-9-15(14)22(18(24)20-17)11-13-7-6-10-25-13/h13H,4-12H2,1-3H3,(H,21,23). The Morgan fingerprint density at radius 1 is 1.31 bits per heavy atom. The molecule has 1 aromatic heterocycles. The Balaban J connectivity index is 1.79. The van der Waals surface area contributed by atoms with E-state index < -0.39 is 0 Å². The van der Waals surface area contributed by atoms with Crippen LogP contribution in [0.2, 0.25) is 0 Å². The van der Waals surface area contributed by atoms with E-state index in [1.165, 1.54) is 11.8 Å². The number of hydrogen-bond donors (Lipinski definition) is 1. The normalized spacial score (nSPS) is 20.0. The molecule has 1 saturated heterocycles. The van der Waals surface area contributed by atoms with Crippen molar-refractivity contribution in [1.29, 1.82) is 0 Å². The molecular formula is C19H29N3O3S. The second kappa shape index (κ2) is 8.13. The third-order valence-corrected chi connectivity index (χ3v) is 5.73. The first-order chi connectivity index (χ1) is 12.3. The predicted octanol–water partition coefficient (Wildman–Crippen LogP) is 2.31. The summed E-state index contributed by atoms with van der Waals surface area (Å²) in [5, 5.41) is 3.69. The number of rotatable bonds is 5. The van der Waals surface area contributed by atoms with Crippen LogP contribution in [0.15, 0.2) is 9.82 Å². The Morgan fingerprint density at radius 2 is 2.08 bits per heavy atom. The first-order valence-corrected chi connectivity index (χ1v) is 10.5. The fourth-order valence-electron chi connectivity index (χ4n) is 3.64. The summed E-state index contributed by atoms with van der Waals surface area (Å²) in [7, 11) is 0. The van der Waals surface area contributed by atoms with E-state index in [0.717, 1.165) is 61.4 Å². The quantitative estimate of drug-likeness (QED) is 0.628. The van der Waals surface area contributed by atoms with E-state index in [0.29, 0.717) is 6.54 Å². The molecule has 7 heteroatoms. The molecule has 1 aliphatic carbocycles. The van der Waals surface area contributed by atoms with Gasteiger partial charge in [-0.1, -0.05) is 11.8 Å².